The van der Waals surface area contributed by atoms with Crippen LogP contribution in [0.15, 0.2) is 82.2 Å². The quantitative estimate of drug-likeness (QED) is 0.315. The highest BCUT2D eigenvalue weighted by Gasteiger charge is 2.33. The van der Waals surface area contributed by atoms with Crippen molar-refractivity contribution in [3.05, 3.63) is 82.8 Å². The van der Waals surface area contributed by atoms with Gasteiger partial charge in [-0.05, 0) is 61.7 Å². The molecule has 228 valence electrons. The van der Waals surface area contributed by atoms with Crippen LogP contribution < -0.4 is 19.1 Å². The molecule has 1 fully saturated rings. The summed E-state index contributed by atoms with van der Waals surface area (Å²) in [6.07, 6.45) is 5.09. The second kappa shape index (κ2) is 13.8. The highest BCUT2D eigenvalue weighted by atomic mass is 79.9. The van der Waals surface area contributed by atoms with Crippen molar-refractivity contribution < 1.29 is 27.5 Å². The summed E-state index contributed by atoms with van der Waals surface area (Å²) in [6, 6.07) is 19.5. The summed E-state index contributed by atoms with van der Waals surface area (Å²) >= 11 is 3.44. The molecule has 0 radical (unpaired) electrons. The van der Waals surface area contributed by atoms with Gasteiger partial charge in [0.15, 0.2) is 11.5 Å². The molecule has 1 heterocycles. The third-order valence-corrected chi connectivity index (χ3v) is 10.1. The van der Waals surface area contributed by atoms with Crippen LogP contribution in [0.2, 0.25) is 0 Å². The Morgan fingerprint density at radius 3 is 2.30 bits per heavy atom. The Kier molecular flexibility index (Phi) is 9.92. The number of amides is 2. The maximum absolute atomic E-state index is 14.2. The van der Waals surface area contributed by atoms with E-state index in [1.165, 1.54) is 17.0 Å². The van der Waals surface area contributed by atoms with E-state index in [1.807, 2.05) is 24.3 Å². The fourth-order valence-electron chi connectivity index (χ4n) is 5.37. The molecule has 2 amide bonds. The SMILES string of the molecule is CC(C(=O)NC1CCCCC1)N(Cc1ccc(Br)cc1)C(=O)CN(c1ccc2c(c1)OCCO2)S(=O)(=O)c1ccccc1. The number of carbonyl (C=O) groups excluding carboxylic acids is 2. The van der Waals surface area contributed by atoms with Crippen LogP contribution in [0.3, 0.4) is 0 Å². The van der Waals surface area contributed by atoms with E-state index in [0.29, 0.717) is 24.7 Å². The number of sulfonamides is 1. The Balaban J connectivity index is 1.47. The van der Waals surface area contributed by atoms with Gasteiger partial charge in [0.05, 0.1) is 10.6 Å². The molecule has 0 bridgehead atoms. The topological polar surface area (TPSA) is 105 Å². The average Bonchev–Trinajstić information content (AvgIpc) is 3.03. The van der Waals surface area contributed by atoms with E-state index < -0.39 is 28.5 Å². The zero-order chi connectivity index (χ0) is 30.4. The molecule has 3 aromatic carbocycles. The number of hydrogen-bond acceptors (Lipinski definition) is 6. The molecule has 1 saturated carbocycles. The molecule has 1 N–H and O–H groups in total. The van der Waals surface area contributed by atoms with Gasteiger partial charge >= 0.3 is 0 Å². The maximum atomic E-state index is 14.2. The lowest BCUT2D eigenvalue weighted by molar-refractivity contribution is -0.139. The minimum atomic E-state index is -4.17. The van der Waals surface area contributed by atoms with Crippen LogP contribution in [-0.2, 0) is 26.2 Å². The predicted octanol–water partition coefficient (Wildman–Crippen LogP) is 5.28. The molecule has 1 aliphatic heterocycles. The molecular formula is C32H36BrN3O6S. The lowest BCUT2D eigenvalue weighted by Crippen LogP contribution is -2.53. The van der Waals surface area contributed by atoms with Gasteiger partial charge in [0.2, 0.25) is 11.8 Å². The highest BCUT2D eigenvalue weighted by molar-refractivity contribution is 9.10. The molecule has 43 heavy (non-hydrogen) atoms. The van der Waals surface area contributed by atoms with Gasteiger partial charge in [0.25, 0.3) is 10.0 Å². The lowest BCUT2D eigenvalue weighted by Gasteiger charge is -2.33. The molecule has 1 aliphatic carbocycles. The van der Waals surface area contributed by atoms with Crippen molar-refractivity contribution in [3.8, 4) is 11.5 Å². The van der Waals surface area contributed by atoms with E-state index in [-0.39, 0.29) is 29.1 Å². The van der Waals surface area contributed by atoms with E-state index in [2.05, 4.69) is 21.2 Å². The third-order valence-electron chi connectivity index (χ3n) is 7.81. The van der Waals surface area contributed by atoms with Crippen LogP contribution >= 0.6 is 15.9 Å². The van der Waals surface area contributed by atoms with Gasteiger partial charge in [-0.3, -0.25) is 13.9 Å². The number of nitrogens with zero attached hydrogens (tertiary/aromatic N) is 2. The average molecular weight is 671 g/mol. The van der Waals surface area contributed by atoms with Crippen LogP contribution in [0.5, 0.6) is 11.5 Å². The molecular weight excluding hydrogens is 634 g/mol. The lowest BCUT2D eigenvalue weighted by atomic mass is 9.95. The minimum absolute atomic E-state index is 0.0419. The number of carbonyl (C=O) groups is 2. The van der Waals surface area contributed by atoms with Crippen LogP contribution in [0.4, 0.5) is 5.69 Å². The van der Waals surface area contributed by atoms with Gasteiger partial charge in [-0.2, -0.15) is 0 Å². The standard InChI is InChI=1S/C32H36BrN3O6S/c1-23(32(38)34-26-8-4-2-5-9-26)35(21-24-12-14-25(33)15-13-24)31(37)22-36(43(39,40)28-10-6-3-7-11-28)27-16-17-29-30(20-27)42-19-18-41-29/h3,6-7,10-17,20,23,26H,2,4-5,8-9,18-19,21-22H2,1H3,(H,34,38). The molecule has 3 aromatic rings. The number of benzene rings is 3. The van der Waals surface area contributed by atoms with E-state index in [0.717, 1.165) is 46.4 Å². The largest absolute Gasteiger partial charge is 0.486 e. The van der Waals surface area contributed by atoms with Gasteiger partial charge in [-0.15, -0.1) is 0 Å². The van der Waals surface area contributed by atoms with Crippen molar-refractivity contribution >= 4 is 43.5 Å². The summed E-state index contributed by atoms with van der Waals surface area (Å²) in [5.74, 6) is 0.137. The monoisotopic (exact) mass is 669 g/mol. The predicted molar refractivity (Wildman–Crippen MR) is 168 cm³/mol. The smallest absolute Gasteiger partial charge is 0.264 e. The van der Waals surface area contributed by atoms with Crippen molar-refractivity contribution in [3.63, 3.8) is 0 Å². The summed E-state index contributed by atoms with van der Waals surface area (Å²) in [7, 11) is -4.17. The number of anilines is 1. The van der Waals surface area contributed by atoms with Gasteiger partial charge in [-0.1, -0.05) is 65.5 Å². The molecule has 1 unspecified atom stereocenters. The Hall–Kier alpha value is -3.57. The normalized spacial score (nSPS) is 15.8. The first kappa shape index (κ1) is 30.9. The molecule has 0 spiro atoms. The number of halogens is 1. The molecule has 0 aromatic heterocycles. The van der Waals surface area contributed by atoms with Crippen LogP contribution in [0.25, 0.3) is 0 Å². The van der Waals surface area contributed by atoms with E-state index in [9.17, 15) is 18.0 Å². The summed E-state index contributed by atoms with van der Waals surface area (Å²) in [4.78, 5) is 29.1. The van der Waals surface area contributed by atoms with Crippen LogP contribution in [0.1, 0.15) is 44.6 Å². The molecule has 9 nitrogen and oxygen atoms in total. The first-order chi connectivity index (χ1) is 20.7. The first-order valence-electron chi connectivity index (χ1n) is 14.5. The fraction of sp³-hybridized carbons (Fsp3) is 0.375. The maximum Gasteiger partial charge on any atom is 0.264 e. The first-order valence-corrected chi connectivity index (χ1v) is 16.8. The van der Waals surface area contributed by atoms with Crippen molar-refractivity contribution in [2.24, 2.45) is 0 Å². The van der Waals surface area contributed by atoms with Crippen LogP contribution in [0, 0.1) is 0 Å². The summed E-state index contributed by atoms with van der Waals surface area (Å²) < 4.78 is 41.3. The van der Waals surface area contributed by atoms with Gasteiger partial charge < -0.3 is 19.7 Å². The second-order valence-corrected chi connectivity index (χ2v) is 13.6. The molecule has 11 heteroatoms. The summed E-state index contributed by atoms with van der Waals surface area (Å²) in [5, 5.41) is 3.12. The third kappa shape index (κ3) is 7.51. The Morgan fingerprint density at radius 1 is 0.930 bits per heavy atom. The van der Waals surface area contributed by atoms with Crippen molar-refractivity contribution in [2.45, 2.75) is 62.6 Å². The Labute approximate surface area is 261 Å². The van der Waals surface area contributed by atoms with E-state index in [1.54, 1.807) is 43.3 Å². The minimum Gasteiger partial charge on any atom is -0.486 e. The fourth-order valence-corrected chi connectivity index (χ4v) is 7.06. The van der Waals surface area contributed by atoms with Gasteiger partial charge in [-0.25, -0.2) is 8.42 Å². The van der Waals surface area contributed by atoms with Crippen molar-refractivity contribution in [2.75, 3.05) is 24.1 Å². The number of hydrogen-bond donors (Lipinski definition) is 1. The zero-order valence-corrected chi connectivity index (χ0v) is 26.5. The zero-order valence-electron chi connectivity index (χ0n) is 24.1. The number of ether oxygens (including phenoxy) is 2. The van der Waals surface area contributed by atoms with Gasteiger partial charge in [0, 0.05) is 23.1 Å². The number of fused-ring (bicyclic) bond motifs is 1. The van der Waals surface area contributed by atoms with Crippen LogP contribution in [-0.4, -0.2) is 57.0 Å². The van der Waals surface area contributed by atoms with Gasteiger partial charge in [0.1, 0.15) is 25.8 Å². The second-order valence-electron chi connectivity index (χ2n) is 10.8. The molecule has 1 atom stereocenters. The molecule has 2 aliphatic rings. The Morgan fingerprint density at radius 2 is 1.60 bits per heavy atom. The Bertz CT molecular complexity index is 1530. The highest BCUT2D eigenvalue weighted by Crippen LogP contribution is 2.36. The van der Waals surface area contributed by atoms with E-state index in [4.69, 9.17) is 9.47 Å². The molecule has 0 saturated heterocycles. The van der Waals surface area contributed by atoms with E-state index >= 15 is 0 Å². The molecule has 5 rings (SSSR count). The van der Waals surface area contributed by atoms with Crippen molar-refractivity contribution in [1.82, 2.24) is 10.2 Å². The number of nitrogens with one attached hydrogen (secondary N) is 1. The van der Waals surface area contributed by atoms with Crippen molar-refractivity contribution in [1.29, 1.82) is 0 Å². The summed E-state index contributed by atoms with van der Waals surface area (Å²) in [6.45, 7) is 2.02. The number of rotatable bonds is 10. The summed E-state index contributed by atoms with van der Waals surface area (Å²) in [5.41, 5.74) is 1.06.